The number of aryl methyl sites for hydroxylation is 2. The van der Waals surface area contributed by atoms with Crippen molar-refractivity contribution in [3.8, 4) is 5.75 Å². The van der Waals surface area contributed by atoms with Crippen LogP contribution in [0.3, 0.4) is 0 Å². The van der Waals surface area contributed by atoms with E-state index in [1.165, 1.54) is 4.90 Å². The van der Waals surface area contributed by atoms with Gasteiger partial charge in [0, 0.05) is 17.8 Å². The Balaban J connectivity index is 2.17. The van der Waals surface area contributed by atoms with Gasteiger partial charge in [0.05, 0.1) is 30.0 Å². The van der Waals surface area contributed by atoms with Crippen LogP contribution in [-0.2, 0) is 9.59 Å². The average Bonchev–Trinajstić information content (AvgIpc) is 3.18. The molecular formula is C22H28N4O4. The Bertz CT molecular complexity index is 973. The first-order valence-electron chi connectivity index (χ1n) is 9.85. The first-order valence-corrected chi connectivity index (χ1v) is 9.85. The van der Waals surface area contributed by atoms with Crippen molar-refractivity contribution in [2.45, 2.75) is 26.3 Å². The second-order valence-corrected chi connectivity index (χ2v) is 7.70. The summed E-state index contributed by atoms with van der Waals surface area (Å²) in [6.45, 7) is 4.65. The molecule has 0 spiro atoms. The normalized spacial score (nSPS) is 18.5. The van der Waals surface area contributed by atoms with Crippen LogP contribution in [0.5, 0.6) is 5.75 Å². The fourth-order valence-electron chi connectivity index (χ4n) is 3.92. The largest absolute Gasteiger partial charge is 0.507 e. The van der Waals surface area contributed by atoms with Gasteiger partial charge < -0.3 is 19.6 Å². The van der Waals surface area contributed by atoms with Gasteiger partial charge >= 0.3 is 0 Å². The topological polar surface area (TPSA) is 98.8 Å². The number of amides is 1. The molecule has 8 nitrogen and oxygen atoms in total. The molecule has 1 saturated heterocycles. The van der Waals surface area contributed by atoms with Crippen LogP contribution < -0.4 is 4.74 Å². The molecule has 160 valence electrons. The number of nitrogens with one attached hydrogen (secondary N) is 1. The van der Waals surface area contributed by atoms with Crippen molar-refractivity contribution in [1.29, 1.82) is 0 Å². The number of ether oxygens (including phenoxy) is 1. The molecular weight excluding hydrogens is 384 g/mol. The molecule has 1 aromatic heterocycles. The molecule has 2 heterocycles. The standard InChI is InChI=1S/C22H28N4O4/c1-13-17(14(2)24-23-13)20(27)18-19(15-9-6-7-10-16(15)30-5)26(22(29)21(18)28)12-8-11-25(3)4/h6-7,9-10,19,27H,8,11-12H2,1-5H3,(H,23,24)/t19-/m0/s1. The number of aliphatic hydroxyl groups is 1. The lowest BCUT2D eigenvalue weighted by molar-refractivity contribution is -0.140. The molecule has 1 amide bonds. The number of ketones is 1. The van der Waals surface area contributed by atoms with Crippen molar-refractivity contribution in [2.24, 2.45) is 0 Å². The fraction of sp³-hybridized carbons (Fsp3) is 0.409. The Morgan fingerprint density at radius 1 is 1.27 bits per heavy atom. The quantitative estimate of drug-likeness (QED) is 0.412. The third-order valence-corrected chi connectivity index (χ3v) is 5.34. The minimum absolute atomic E-state index is 0.0574. The van der Waals surface area contributed by atoms with Crippen molar-refractivity contribution in [3.05, 3.63) is 52.4 Å². The number of rotatable bonds is 7. The molecule has 1 atom stereocenters. The highest BCUT2D eigenvalue weighted by molar-refractivity contribution is 6.46. The Morgan fingerprint density at radius 3 is 2.57 bits per heavy atom. The van der Waals surface area contributed by atoms with Crippen molar-refractivity contribution >= 4 is 17.4 Å². The van der Waals surface area contributed by atoms with E-state index in [4.69, 9.17) is 4.74 Å². The highest BCUT2D eigenvalue weighted by Gasteiger charge is 2.47. The zero-order valence-corrected chi connectivity index (χ0v) is 18.0. The summed E-state index contributed by atoms with van der Waals surface area (Å²) in [6.07, 6.45) is 0.690. The van der Waals surface area contributed by atoms with Gasteiger partial charge in [-0.05, 0) is 47.0 Å². The first kappa shape index (κ1) is 21.6. The van der Waals surface area contributed by atoms with Gasteiger partial charge in [-0.2, -0.15) is 5.10 Å². The summed E-state index contributed by atoms with van der Waals surface area (Å²) in [5.41, 5.74) is 2.35. The van der Waals surface area contributed by atoms with Crippen LogP contribution in [0.4, 0.5) is 0 Å². The number of H-pyrrole nitrogens is 1. The Morgan fingerprint density at radius 2 is 1.97 bits per heavy atom. The molecule has 3 rings (SSSR count). The van der Waals surface area contributed by atoms with Gasteiger partial charge in [-0.15, -0.1) is 0 Å². The number of hydrogen-bond acceptors (Lipinski definition) is 6. The first-order chi connectivity index (χ1) is 14.3. The van der Waals surface area contributed by atoms with E-state index in [1.54, 1.807) is 27.0 Å². The predicted molar refractivity (Wildman–Crippen MR) is 113 cm³/mol. The van der Waals surface area contributed by atoms with E-state index >= 15 is 0 Å². The zero-order valence-electron chi connectivity index (χ0n) is 18.0. The second kappa shape index (κ2) is 8.71. The SMILES string of the molecule is COc1ccccc1[C@H]1C(=C(O)c2c(C)n[nH]c2C)C(=O)C(=O)N1CCCN(C)C. The molecule has 1 aliphatic rings. The smallest absolute Gasteiger partial charge is 0.295 e. The highest BCUT2D eigenvalue weighted by atomic mass is 16.5. The monoisotopic (exact) mass is 412 g/mol. The Hall–Kier alpha value is -3.13. The second-order valence-electron chi connectivity index (χ2n) is 7.70. The van der Waals surface area contributed by atoms with Gasteiger partial charge in [-0.3, -0.25) is 14.7 Å². The number of aromatic nitrogens is 2. The van der Waals surface area contributed by atoms with E-state index in [-0.39, 0.29) is 11.3 Å². The maximum atomic E-state index is 13.1. The summed E-state index contributed by atoms with van der Waals surface area (Å²) in [7, 11) is 5.45. The number of carbonyl (C=O) groups is 2. The number of likely N-dealkylation sites (tertiary alicyclic amines) is 1. The molecule has 0 bridgehead atoms. The van der Waals surface area contributed by atoms with Crippen LogP contribution >= 0.6 is 0 Å². The summed E-state index contributed by atoms with van der Waals surface area (Å²) in [5, 5.41) is 18.1. The van der Waals surface area contributed by atoms with Crippen molar-refractivity contribution in [1.82, 2.24) is 20.0 Å². The molecule has 1 fully saturated rings. The number of para-hydroxylation sites is 1. The number of nitrogens with zero attached hydrogens (tertiary/aromatic N) is 3. The molecule has 1 aromatic carbocycles. The number of aliphatic hydroxyl groups excluding tert-OH is 1. The highest BCUT2D eigenvalue weighted by Crippen LogP contribution is 2.43. The van der Waals surface area contributed by atoms with Gasteiger partial charge in [0.15, 0.2) is 0 Å². The third-order valence-electron chi connectivity index (χ3n) is 5.34. The average molecular weight is 412 g/mol. The maximum Gasteiger partial charge on any atom is 0.295 e. The van der Waals surface area contributed by atoms with E-state index in [0.29, 0.717) is 41.2 Å². The lowest BCUT2D eigenvalue weighted by atomic mass is 9.94. The number of benzene rings is 1. The molecule has 0 unspecified atom stereocenters. The van der Waals surface area contributed by atoms with Crippen LogP contribution in [0.2, 0.25) is 0 Å². The molecule has 0 radical (unpaired) electrons. The summed E-state index contributed by atoms with van der Waals surface area (Å²) in [6, 6.07) is 6.51. The summed E-state index contributed by atoms with van der Waals surface area (Å²) >= 11 is 0. The number of methoxy groups -OCH3 is 1. The van der Waals surface area contributed by atoms with Crippen molar-refractivity contribution in [2.75, 3.05) is 34.3 Å². The van der Waals surface area contributed by atoms with Gasteiger partial charge in [0.2, 0.25) is 0 Å². The summed E-state index contributed by atoms with van der Waals surface area (Å²) in [5.74, 6) is -0.991. The lowest BCUT2D eigenvalue weighted by Gasteiger charge is -2.27. The van der Waals surface area contributed by atoms with Crippen molar-refractivity contribution in [3.63, 3.8) is 0 Å². The predicted octanol–water partition coefficient (Wildman–Crippen LogP) is 2.41. The van der Waals surface area contributed by atoms with E-state index < -0.39 is 17.7 Å². The van der Waals surface area contributed by atoms with E-state index in [9.17, 15) is 14.7 Å². The van der Waals surface area contributed by atoms with Crippen LogP contribution in [-0.4, -0.2) is 71.1 Å². The molecule has 8 heteroatoms. The van der Waals surface area contributed by atoms with E-state index in [1.807, 2.05) is 37.2 Å². The minimum Gasteiger partial charge on any atom is -0.507 e. The van der Waals surface area contributed by atoms with Crippen molar-refractivity contribution < 1.29 is 19.4 Å². The van der Waals surface area contributed by atoms with Gasteiger partial charge in [-0.25, -0.2) is 0 Å². The van der Waals surface area contributed by atoms with E-state index in [2.05, 4.69) is 10.2 Å². The Kier molecular flexibility index (Phi) is 6.26. The molecule has 30 heavy (non-hydrogen) atoms. The van der Waals surface area contributed by atoms with E-state index in [0.717, 1.165) is 6.54 Å². The molecule has 2 aromatic rings. The molecule has 0 aliphatic carbocycles. The van der Waals surface area contributed by atoms with Gasteiger partial charge in [-0.1, -0.05) is 18.2 Å². The summed E-state index contributed by atoms with van der Waals surface area (Å²) < 4.78 is 5.51. The Labute approximate surface area is 176 Å². The number of aromatic amines is 1. The maximum absolute atomic E-state index is 13.1. The lowest BCUT2D eigenvalue weighted by Crippen LogP contribution is -2.32. The zero-order chi connectivity index (χ0) is 22.0. The number of hydrogen-bond donors (Lipinski definition) is 2. The molecule has 1 aliphatic heterocycles. The van der Waals surface area contributed by atoms with Gasteiger partial charge in [0.1, 0.15) is 11.5 Å². The van der Waals surface area contributed by atoms with Crippen LogP contribution in [0.25, 0.3) is 5.76 Å². The van der Waals surface area contributed by atoms with Crippen LogP contribution in [0.15, 0.2) is 29.8 Å². The third kappa shape index (κ3) is 3.82. The van der Waals surface area contributed by atoms with Gasteiger partial charge in [0.25, 0.3) is 11.7 Å². The minimum atomic E-state index is -0.739. The van der Waals surface area contributed by atoms with Crippen LogP contribution in [0, 0.1) is 13.8 Å². The molecule has 0 saturated carbocycles. The number of carbonyl (C=O) groups excluding carboxylic acids is 2. The summed E-state index contributed by atoms with van der Waals surface area (Å²) in [4.78, 5) is 29.6. The van der Waals surface area contributed by atoms with Crippen LogP contribution in [0.1, 0.15) is 35.0 Å². The molecule has 2 N–H and O–H groups in total. The number of Topliss-reactive ketones (excluding diaryl/α,β-unsaturated/α-hetero) is 1. The fourth-order valence-corrected chi connectivity index (χ4v) is 3.92.